The Labute approximate surface area is 126 Å². The number of fused-ring (bicyclic) bond motifs is 1. The molecule has 3 nitrogen and oxygen atoms in total. The molecule has 0 radical (unpaired) electrons. The number of phenols is 1. The summed E-state index contributed by atoms with van der Waals surface area (Å²) in [5.74, 6) is 1.17. The van der Waals surface area contributed by atoms with Crippen molar-refractivity contribution in [3.05, 3.63) is 29.3 Å². The van der Waals surface area contributed by atoms with E-state index in [1.165, 1.54) is 11.1 Å². The van der Waals surface area contributed by atoms with Crippen LogP contribution >= 0.6 is 11.8 Å². The van der Waals surface area contributed by atoms with Crippen LogP contribution in [0.5, 0.6) is 5.75 Å². The molecule has 0 bridgehead atoms. The predicted octanol–water partition coefficient (Wildman–Crippen LogP) is 2.30. The monoisotopic (exact) mass is 295 g/mol. The van der Waals surface area contributed by atoms with E-state index in [1.807, 2.05) is 17.8 Å². The van der Waals surface area contributed by atoms with Crippen LogP contribution in [0.3, 0.4) is 0 Å². The van der Waals surface area contributed by atoms with Crippen molar-refractivity contribution in [2.45, 2.75) is 38.0 Å². The first kappa shape index (κ1) is 15.7. The number of likely N-dealkylation sites (N-methyl/N-ethyl adjacent to an activating group) is 1. The van der Waals surface area contributed by atoms with Crippen molar-refractivity contribution in [2.75, 3.05) is 25.4 Å². The second-order valence-corrected chi connectivity index (χ2v) is 6.63. The molecule has 0 aliphatic heterocycles. The Morgan fingerprint density at radius 3 is 2.60 bits per heavy atom. The third kappa shape index (κ3) is 3.48. The van der Waals surface area contributed by atoms with Crippen LogP contribution in [-0.2, 0) is 12.8 Å². The van der Waals surface area contributed by atoms with E-state index in [2.05, 4.69) is 24.8 Å². The number of hydrogen-bond donors (Lipinski definition) is 2. The van der Waals surface area contributed by atoms with Gasteiger partial charge in [0.25, 0.3) is 0 Å². The van der Waals surface area contributed by atoms with Crippen LogP contribution < -0.4 is 0 Å². The molecule has 0 spiro atoms. The molecule has 0 fully saturated rings. The van der Waals surface area contributed by atoms with Crippen LogP contribution in [0.4, 0.5) is 0 Å². The number of benzene rings is 1. The number of aliphatic hydroxyl groups excluding tert-OH is 1. The molecule has 112 valence electrons. The maximum Gasteiger partial charge on any atom is 0.115 e. The molecule has 4 heteroatoms. The molecule has 20 heavy (non-hydrogen) atoms. The summed E-state index contributed by atoms with van der Waals surface area (Å²) in [6.45, 7) is 6.75. The summed E-state index contributed by atoms with van der Waals surface area (Å²) >= 11 is 1.88. The third-order valence-corrected chi connectivity index (χ3v) is 5.50. The maximum atomic E-state index is 9.68. The van der Waals surface area contributed by atoms with Gasteiger partial charge in [-0.3, -0.25) is 4.90 Å². The van der Waals surface area contributed by atoms with Crippen molar-refractivity contribution in [3.63, 3.8) is 0 Å². The lowest BCUT2D eigenvalue weighted by molar-refractivity contribution is 0.203. The molecule has 0 amide bonds. The molecule has 0 saturated carbocycles. The Morgan fingerprint density at radius 2 is 1.95 bits per heavy atom. The van der Waals surface area contributed by atoms with Gasteiger partial charge in [0.15, 0.2) is 0 Å². The second kappa shape index (κ2) is 7.34. The van der Waals surface area contributed by atoms with E-state index in [0.717, 1.165) is 31.7 Å². The maximum absolute atomic E-state index is 9.68. The van der Waals surface area contributed by atoms with Gasteiger partial charge in [0.05, 0.1) is 6.61 Å². The highest BCUT2D eigenvalue weighted by Crippen LogP contribution is 2.33. The lowest BCUT2D eigenvalue weighted by Crippen LogP contribution is -2.47. The molecule has 1 aromatic rings. The topological polar surface area (TPSA) is 43.7 Å². The second-order valence-electron chi connectivity index (χ2n) is 5.28. The number of rotatable bonds is 6. The smallest absolute Gasteiger partial charge is 0.115 e. The fourth-order valence-corrected chi connectivity index (χ4v) is 4.34. The van der Waals surface area contributed by atoms with E-state index in [9.17, 15) is 5.11 Å². The summed E-state index contributed by atoms with van der Waals surface area (Å²) in [4.78, 5) is 2.50. The van der Waals surface area contributed by atoms with Crippen molar-refractivity contribution in [1.82, 2.24) is 4.90 Å². The molecule has 1 aromatic carbocycles. The summed E-state index contributed by atoms with van der Waals surface area (Å²) in [6.07, 6.45) is 2.02. The van der Waals surface area contributed by atoms with Gasteiger partial charge in [0, 0.05) is 17.0 Å². The fourth-order valence-electron chi connectivity index (χ4n) is 3.14. The Bertz CT molecular complexity index is 434. The standard InChI is InChI=1S/C16H25NO2S/c1-3-17(4-2)15-10-13-9-14(19)6-5-12(13)11-16(15)20-8-7-18/h5-6,9,15-16,18-19H,3-4,7-8,10-11H2,1-2H3. The summed E-state index contributed by atoms with van der Waals surface area (Å²) in [5, 5.41) is 19.3. The Kier molecular flexibility index (Phi) is 5.75. The van der Waals surface area contributed by atoms with Gasteiger partial charge < -0.3 is 10.2 Å². The number of phenolic OH excluding ortho intramolecular Hbond substituents is 1. The van der Waals surface area contributed by atoms with E-state index in [1.54, 1.807) is 6.07 Å². The fraction of sp³-hybridized carbons (Fsp3) is 0.625. The van der Waals surface area contributed by atoms with E-state index in [0.29, 0.717) is 17.0 Å². The molecular formula is C16H25NO2S. The minimum atomic E-state index is 0.245. The van der Waals surface area contributed by atoms with Gasteiger partial charge in [-0.15, -0.1) is 0 Å². The molecule has 0 aromatic heterocycles. The SMILES string of the molecule is CCN(CC)C1Cc2cc(O)ccc2CC1SCCO. The first-order valence-corrected chi connectivity index (χ1v) is 8.51. The quantitative estimate of drug-likeness (QED) is 0.845. The number of nitrogens with zero attached hydrogens (tertiary/aromatic N) is 1. The molecule has 2 unspecified atom stereocenters. The lowest BCUT2D eigenvalue weighted by Gasteiger charge is -2.39. The molecule has 1 aliphatic carbocycles. The van der Waals surface area contributed by atoms with Crippen molar-refractivity contribution in [2.24, 2.45) is 0 Å². The van der Waals surface area contributed by atoms with Gasteiger partial charge >= 0.3 is 0 Å². The number of hydrogen-bond acceptors (Lipinski definition) is 4. The van der Waals surface area contributed by atoms with Gasteiger partial charge in [0.1, 0.15) is 5.75 Å². The molecular weight excluding hydrogens is 270 g/mol. The molecule has 1 aliphatic rings. The van der Waals surface area contributed by atoms with E-state index >= 15 is 0 Å². The summed E-state index contributed by atoms with van der Waals surface area (Å²) in [7, 11) is 0. The minimum absolute atomic E-state index is 0.245. The van der Waals surface area contributed by atoms with Gasteiger partial charge in [-0.05, 0) is 49.2 Å². The number of aromatic hydroxyl groups is 1. The van der Waals surface area contributed by atoms with Crippen molar-refractivity contribution >= 4 is 11.8 Å². The highest BCUT2D eigenvalue weighted by Gasteiger charge is 2.31. The summed E-state index contributed by atoms with van der Waals surface area (Å²) < 4.78 is 0. The van der Waals surface area contributed by atoms with Gasteiger partial charge in [0.2, 0.25) is 0 Å². The zero-order valence-electron chi connectivity index (χ0n) is 12.4. The van der Waals surface area contributed by atoms with Crippen molar-refractivity contribution < 1.29 is 10.2 Å². The number of thioether (sulfide) groups is 1. The number of aliphatic hydroxyl groups is 1. The Hall–Kier alpha value is -0.710. The van der Waals surface area contributed by atoms with Crippen molar-refractivity contribution in [3.8, 4) is 5.75 Å². The highest BCUT2D eigenvalue weighted by molar-refractivity contribution is 8.00. The molecule has 0 heterocycles. The third-order valence-electron chi connectivity index (χ3n) is 4.17. The van der Waals surface area contributed by atoms with Crippen LogP contribution in [-0.4, -0.2) is 51.9 Å². The van der Waals surface area contributed by atoms with Crippen LogP contribution in [0.2, 0.25) is 0 Å². The van der Waals surface area contributed by atoms with E-state index < -0.39 is 0 Å². The Balaban J connectivity index is 2.22. The first-order chi connectivity index (χ1) is 9.69. The average molecular weight is 295 g/mol. The molecule has 2 atom stereocenters. The minimum Gasteiger partial charge on any atom is -0.508 e. The van der Waals surface area contributed by atoms with Crippen LogP contribution in [0.25, 0.3) is 0 Å². The highest BCUT2D eigenvalue weighted by atomic mass is 32.2. The molecule has 2 rings (SSSR count). The van der Waals surface area contributed by atoms with E-state index in [-0.39, 0.29) is 6.61 Å². The lowest BCUT2D eigenvalue weighted by atomic mass is 9.87. The summed E-state index contributed by atoms with van der Waals surface area (Å²) in [6, 6.07) is 6.24. The van der Waals surface area contributed by atoms with Crippen LogP contribution in [0.15, 0.2) is 18.2 Å². The first-order valence-electron chi connectivity index (χ1n) is 7.46. The normalized spacial score (nSPS) is 22.0. The van der Waals surface area contributed by atoms with Crippen molar-refractivity contribution in [1.29, 1.82) is 0 Å². The zero-order valence-corrected chi connectivity index (χ0v) is 13.2. The molecule has 2 N–H and O–H groups in total. The van der Waals surface area contributed by atoms with Gasteiger partial charge in [-0.25, -0.2) is 0 Å². The predicted molar refractivity (Wildman–Crippen MR) is 85.6 cm³/mol. The van der Waals surface area contributed by atoms with E-state index in [4.69, 9.17) is 5.11 Å². The van der Waals surface area contributed by atoms with Crippen LogP contribution in [0.1, 0.15) is 25.0 Å². The van der Waals surface area contributed by atoms with Gasteiger partial charge in [-0.1, -0.05) is 19.9 Å². The van der Waals surface area contributed by atoms with Crippen LogP contribution in [0, 0.1) is 0 Å². The van der Waals surface area contributed by atoms with Gasteiger partial charge in [-0.2, -0.15) is 11.8 Å². The zero-order chi connectivity index (χ0) is 14.5. The largest absolute Gasteiger partial charge is 0.508 e. The molecule has 0 saturated heterocycles. The summed E-state index contributed by atoms with van der Waals surface area (Å²) in [5.41, 5.74) is 2.63. The Morgan fingerprint density at radius 1 is 1.20 bits per heavy atom. The average Bonchev–Trinajstić information content (AvgIpc) is 2.46.